The van der Waals surface area contributed by atoms with Gasteiger partial charge in [-0.15, -0.1) is 21.5 Å². The molecule has 1 aliphatic rings. The molecular formula is C15H17N5OS2. The highest BCUT2D eigenvalue weighted by molar-refractivity contribution is 7.99. The SMILES string of the molecule is CCc1nc2sc3c(c2c2nnc(SCC(N)=O)n12)CCCC3. The van der Waals surface area contributed by atoms with Crippen LogP contribution in [0.1, 0.15) is 36.0 Å². The van der Waals surface area contributed by atoms with Crippen molar-refractivity contribution in [1.82, 2.24) is 19.6 Å². The van der Waals surface area contributed by atoms with Gasteiger partial charge >= 0.3 is 0 Å². The van der Waals surface area contributed by atoms with Crippen molar-refractivity contribution in [2.45, 2.75) is 44.2 Å². The normalized spacial score (nSPS) is 14.5. The highest BCUT2D eigenvalue weighted by Gasteiger charge is 2.23. The Bertz CT molecular complexity index is 914. The second-order valence-electron chi connectivity index (χ2n) is 5.67. The number of primary amides is 1. The molecule has 3 aromatic rings. The van der Waals surface area contributed by atoms with Crippen LogP contribution in [0.5, 0.6) is 0 Å². The summed E-state index contributed by atoms with van der Waals surface area (Å²) in [5, 5.41) is 10.6. The molecule has 0 spiro atoms. The topological polar surface area (TPSA) is 86.2 Å². The quantitative estimate of drug-likeness (QED) is 0.732. The third-order valence-corrected chi connectivity index (χ3v) is 6.30. The Morgan fingerprint density at radius 3 is 2.96 bits per heavy atom. The summed E-state index contributed by atoms with van der Waals surface area (Å²) in [6.07, 6.45) is 5.49. The molecule has 0 saturated carbocycles. The Labute approximate surface area is 141 Å². The van der Waals surface area contributed by atoms with E-state index >= 15 is 0 Å². The molecule has 4 rings (SSSR count). The van der Waals surface area contributed by atoms with Crippen LogP contribution in [0, 0.1) is 0 Å². The third-order valence-electron chi connectivity index (χ3n) is 4.16. The van der Waals surface area contributed by atoms with Crippen LogP contribution < -0.4 is 5.73 Å². The van der Waals surface area contributed by atoms with E-state index in [0.717, 1.165) is 41.0 Å². The van der Waals surface area contributed by atoms with Crippen LogP contribution in [0.3, 0.4) is 0 Å². The minimum atomic E-state index is -0.355. The molecule has 0 bridgehead atoms. The Balaban J connectivity index is 1.97. The van der Waals surface area contributed by atoms with Crippen LogP contribution in [0.25, 0.3) is 15.9 Å². The van der Waals surface area contributed by atoms with E-state index in [4.69, 9.17) is 10.7 Å². The molecule has 2 N–H and O–H groups in total. The van der Waals surface area contributed by atoms with Crippen molar-refractivity contribution >= 4 is 44.9 Å². The van der Waals surface area contributed by atoms with Crippen LogP contribution in [0.2, 0.25) is 0 Å². The molecular weight excluding hydrogens is 330 g/mol. The maximum Gasteiger partial charge on any atom is 0.227 e. The smallest absolute Gasteiger partial charge is 0.227 e. The van der Waals surface area contributed by atoms with Crippen molar-refractivity contribution in [3.8, 4) is 0 Å². The van der Waals surface area contributed by atoms with Gasteiger partial charge in [0.2, 0.25) is 5.91 Å². The third kappa shape index (κ3) is 2.40. The maximum atomic E-state index is 11.1. The van der Waals surface area contributed by atoms with Crippen molar-refractivity contribution in [2.24, 2.45) is 5.73 Å². The lowest BCUT2D eigenvalue weighted by atomic mass is 9.97. The van der Waals surface area contributed by atoms with Gasteiger partial charge in [-0.2, -0.15) is 0 Å². The predicted molar refractivity (Wildman–Crippen MR) is 92.1 cm³/mol. The summed E-state index contributed by atoms with van der Waals surface area (Å²) in [7, 11) is 0. The van der Waals surface area contributed by atoms with Gasteiger partial charge < -0.3 is 5.73 Å². The monoisotopic (exact) mass is 347 g/mol. The number of amides is 1. The first-order valence-electron chi connectivity index (χ1n) is 7.78. The molecule has 23 heavy (non-hydrogen) atoms. The van der Waals surface area contributed by atoms with Crippen LogP contribution in [-0.2, 0) is 24.1 Å². The number of fused-ring (bicyclic) bond motifs is 5. The molecule has 8 heteroatoms. The zero-order valence-corrected chi connectivity index (χ0v) is 14.5. The summed E-state index contributed by atoms with van der Waals surface area (Å²) in [5.41, 5.74) is 7.53. The van der Waals surface area contributed by atoms with Crippen molar-refractivity contribution < 1.29 is 4.79 Å². The number of thiophene rings is 1. The van der Waals surface area contributed by atoms with Gasteiger partial charge in [-0.05, 0) is 31.2 Å². The number of nitrogens with zero attached hydrogens (tertiary/aromatic N) is 4. The Morgan fingerprint density at radius 2 is 2.17 bits per heavy atom. The van der Waals surface area contributed by atoms with E-state index in [2.05, 4.69) is 17.1 Å². The minimum Gasteiger partial charge on any atom is -0.369 e. The number of aryl methyl sites for hydroxylation is 3. The molecule has 6 nitrogen and oxygen atoms in total. The molecule has 0 radical (unpaired) electrons. The second-order valence-corrected chi connectivity index (χ2v) is 7.70. The molecule has 0 aromatic carbocycles. The highest BCUT2D eigenvalue weighted by atomic mass is 32.2. The number of aromatic nitrogens is 4. The summed E-state index contributed by atoms with van der Waals surface area (Å²) >= 11 is 3.12. The average molecular weight is 347 g/mol. The first kappa shape index (κ1) is 14.9. The standard InChI is InChI=1S/C15H17N5OS2/c1-2-11-17-14-12(8-5-3-4-6-9(8)23-14)13-18-19-15(20(11)13)22-7-10(16)21/h2-7H2,1H3,(H2,16,21). The summed E-state index contributed by atoms with van der Waals surface area (Å²) in [4.78, 5) is 18.5. The van der Waals surface area contributed by atoms with Gasteiger partial charge in [0.1, 0.15) is 10.7 Å². The zero-order valence-electron chi connectivity index (χ0n) is 12.8. The number of hydrogen-bond acceptors (Lipinski definition) is 6. The molecule has 0 unspecified atom stereocenters. The number of carbonyl (C=O) groups is 1. The number of carbonyl (C=O) groups excluding carboxylic acids is 1. The van der Waals surface area contributed by atoms with Gasteiger partial charge in [-0.1, -0.05) is 18.7 Å². The van der Waals surface area contributed by atoms with Crippen molar-refractivity contribution in [3.05, 3.63) is 16.3 Å². The van der Waals surface area contributed by atoms with Gasteiger partial charge in [0.05, 0.1) is 11.1 Å². The lowest BCUT2D eigenvalue weighted by Gasteiger charge is -2.10. The fraction of sp³-hybridized carbons (Fsp3) is 0.467. The largest absolute Gasteiger partial charge is 0.369 e. The molecule has 120 valence electrons. The Kier molecular flexibility index (Phi) is 3.73. The molecule has 3 heterocycles. The number of nitrogens with two attached hydrogens (primary N) is 1. The lowest BCUT2D eigenvalue weighted by molar-refractivity contribution is -0.115. The van der Waals surface area contributed by atoms with E-state index in [1.807, 2.05) is 4.40 Å². The lowest BCUT2D eigenvalue weighted by Crippen LogP contribution is -2.13. The number of thioether (sulfide) groups is 1. The summed E-state index contributed by atoms with van der Waals surface area (Å²) in [5.74, 6) is 0.777. The highest BCUT2D eigenvalue weighted by Crippen LogP contribution is 2.38. The van der Waals surface area contributed by atoms with E-state index in [1.165, 1.54) is 35.0 Å². The summed E-state index contributed by atoms with van der Waals surface area (Å²) < 4.78 is 2.00. The van der Waals surface area contributed by atoms with E-state index < -0.39 is 0 Å². The molecule has 0 saturated heterocycles. The molecule has 3 aromatic heterocycles. The minimum absolute atomic E-state index is 0.198. The molecule has 0 atom stereocenters. The maximum absolute atomic E-state index is 11.1. The van der Waals surface area contributed by atoms with Crippen LogP contribution in [0.4, 0.5) is 0 Å². The average Bonchev–Trinajstić information content (AvgIpc) is 3.12. The Morgan fingerprint density at radius 1 is 1.35 bits per heavy atom. The first-order chi connectivity index (χ1) is 11.2. The van der Waals surface area contributed by atoms with E-state index in [9.17, 15) is 4.79 Å². The van der Waals surface area contributed by atoms with Crippen molar-refractivity contribution in [2.75, 3.05) is 5.75 Å². The van der Waals surface area contributed by atoms with Crippen molar-refractivity contribution in [3.63, 3.8) is 0 Å². The van der Waals surface area contributed by atoms with Crippen LogP contribution >= 0.6 is 23.1 Å². The predicted octanol–water partition coefficient (Wildman–Crippen LogP) is 2.36. The van der Waals surface area contributed by atoms with Crippen LogP contribution in [0.15, 0.2) is 5.16 Å². The first-order valence-corrected chi connectivity index (χ1v) is 9.58. The van der Waals surface area contributed by atoms with Crippen LogP contribution in [-0.4, -0.2) is 31.2 Å². The van der Waals surface area contributed by atoms with Crippen molar-refractivity contribution in [1.29, 1.82) is 0 Å². The van der Waals surface area contributed by atoms with Gasteiger partial charge in [0, 0.05) is 11.3 Å². The molecule has 0 aliphatic heterocycles. The van der Waals surface area contributed by atoms with Gasteiger partial charge in [-0.25, -0.2) is 4.98 Å². The van der Waals surface area contributed by atoms with E-state index in [1.54, 1.807) is 11.3 Å². The molecule has 1 aliphatic carbocycles. The van der Waals surface area contributed by atoms with Gasteiger partial charge in [0.15, 0.2) is 10.8 Å². The van der Waals surface area contributed by atoms with Gasteiger partial charge in [0.25, 0.3) is 0 Å². The summed E-state index contributed by atoms with van der Waals surface area (Å²) in [6, 6.07) is 0. The van der Waals surface area contributed by atoms with E-state index in [-0.39, 0.29) is 11.7 Å². The fourth-order valence-electron chi connectivity index (χ4n) is 3.16. The number of rotatable bonds is 4. The van der Waals surface area contributed by atoms with Gasteiger partial charge in [-0.3, -0.25) is 9.20 Å². The molecule has 0 fully saturated rings. The Hall–Kier alpha value is -1.67. The fourth-order valence-corrected chi connectivity index (χ4v) is 5.12. The summed E-state index contributed by atoms with van der Waals surface area (Å²) in [6.45, 7) is 2.07. The zero-order chi connectivity index (χ0) is 16.0. The van der Waals surface area contributed by atoms with E-state index in [0.29, 0.717) is 5.16 Å². The molecule has 1 amide bonds. The number of hydrogen-bond donors (Lipinski definition) is 1. The second kappa shape index (κ2) is 5.76.